The van der Waals surface area contributed by atoms with E-state index in [1.54, 1.807) is 0 Å². The molecule has 19 nitrogen and oxygen atoms in total. The normalized spacial score (nSPS) is 30.7. The minimum Gasteiger partial charge on any atom is -0.523 e. The number of hydrogen-bond donors (Lipinski definition) is 7. The number of fused-ring (bicyclic) bond motifs is 7. The second-order valence-electron chi connectivity index (χ2n) is 19.6. The minimum atomic E-state index is -0.658. The van der Waals surface area contributed by atoms with Crippen molar-refractivity contribution in [3.05, 3.63) is 88.3 Å². The van der Waals surface area contributed by atoms with Crippen molar-refractivity contribution in [2.75, 3.05) is 22.6 Å². The standard InChI is InChI=1S/C12H14ClFN4O2.C12H14ClFN4O.C12H12ClFN4O.C7H7BO2.C5H10O/c13-12-16-3-6(14)11(18-12)17-9-5-1-4(2-7(5)19)8(9)10(15)20;2*13-12-16-4-7(14)11(18-12)17-9-6-2-1-5(3-6)8(9)10(15)19;1-8-9-6-4-2-3-5-7(6)10-8;1-5-3-2-4-6-5/h3-5,7-9,19H,1-2H2,(H2,15,20)(H,16,17,18);4-6,8-9H,1-3H2,(H2,15,19)(H,16,17,18);1-2,4-6,8-9H,3H2,(H2,15,19)(H,16,17,18);2-5H,1H3;5H,2-4H2,1H3/t4-,5+,7+,8-,9+;2*5-,6+,8+,9-;;/m011../s1. The predicted molar refractivity (Wildman–Crippen MR) is 269 cm³/mol. The first kappa shape index (κ1) is 54.5. The average molecular weight is 1090 g/mol. The van der Waals surface area contributed by atoms with Gasteiger partial charge in [-0.2, -0.15) is 15.0 Å². The van der Waals surface area contributed by atoms with Crippen LogP contribution >= 0.6 is 34.8 Å². The summed E-state index contributed by atoms with van der Waals surface area (Å²) in [6, 6.07) is 6.84. The number of hydrogen-bond acceptors (Lipinski definition) is 16. The lowest BCUT2D eigenvalue weighted by molar-refractivity contribution is -0.124. The minimum absolute atomic E-state index is 0.0113. The Kier molecular flexibility index (Phi) is 17.6. The number of carbonyl (C=O) groups is 3. The van der Waals surface area contributed by atoms with Gasteiger partial charge in [0.1, 0.15) is 11.5 Å². The maximum atomic E-state index is 13.7. The molecule has 396 valence electrons. The van der Waals surface area contributed by atoms with Crippen molar-refractivity contribution in [3.8, 4) is 11.5 Å². The SMILES string of the molecule is CB1Oc2ccccc2O1.CC1CCCO1.NC(=O)[C@@H]1[C@H](Nc2nc(Cl)ncc2F)[C@H]2C=C[C@@H]1C2.NC(=O)[C@H]1[C@@H]2CC[C@@H](C2)[C@H]1Nc1nc(Cl)ncc1F.NC(=O)[C@H]1[C@H]2C[C@@H]([C@H]1Nc1nc(Cl)ncc1F)[C@H](O)C2. The Balaban J connectivity index is 0.000000129. The molecule has 1 aromatic carbocycles. The first-order valence-corrected chi connectivity index (χ1v) is 25.6. The van der Waals surface area contributed by atoms with Crippen LogP contribution in [-0.4, -0.2) is 96.8 Å². The summed E-state index contributed by atoms with van der Waals surface area (Å²) < 4.78 is 56.6. The third-order valence-corrected chi connectivity index (χ3v) is 15.5. The number of nitrogens with one attached hydrogen (secondary N) is 3. The van der Waals surface area contributed by atoms with E-state index >= 15 is 0 Å². The Morgan fingerprint density at radius 3 is 1.62 bits per heavy atom. The van der Waals surface area contributed by atoms with Crippen LogP contribution in [-0.2, 0) is 19.1 Å². The average Bonchev–Trinajstić information content (AvgIpc) is 4.23. The number of allylic oxidation sites excluding steroid dienone is 1. The van der Waals surface area contributed by atoms with Crippen LogP contribution in [0.5, 0.6) is 11.5 Å². The molecule has 3 amide bonds. The number of rotatable bonds is 9. The van der Waals surface area contributed by atoms with Gasteiger partial charge in [0.15, 0.2) is 34.9 Å². The number of primary amides is 3. The fourth-order valence-corrected chi connectivity index (χ4v) is 12.2. The molecule has 74 heavy (non-hydrogen) atoms. The third-order valence-electron chi connectivity index (χ3n) is 15.0. The highest BCUT2D eigenvalue weighted by Gasteiger charge is 2.55. The van der Waals surface area contributed by atoms with Crippen LogP contribution in [0.2, 0.25) is 22.7 Å². The molecule has 5 heterocycles. The van der Waals surface area contributed by atoms with E-state index in [0.29, 0.717) is 30.8 Å². The van der Waals surface area contributed by atoms with Crippen molar-refractivity contribution in [3.63, 3.8) is 0 Å². The van der Waals surface area contributed by atoms with E-state index in [0.717, 1.165) is 62.4 Å². The highest BCUT2D eigenvalue weighted by molar-refractivity contribution is 6.45. The summed E-state index contributed by atoms with van der Waals surface area (Å²) in [5.41, 5.74) is 16.3. The summed E-state index contributed by atoms with van der Waals surface area (Å²) in [6.07, 6.45) is 14.7. The lowest BCUT2D eigenvalue weighted by Gasteiger charge is -2.32. The number of ether oxygens (including phenoxy) is 1. The maximum absolute atomic E-state index is 13.7. The second-order valence-corrected chi connectivity index (χ2v) is 20.6. The highest BCUT2D eigenvalue weighted by Crippen LogP contribution is 2.51. The number of aromatic nitrogens is 6. The molecular formula is C48H57BCl3F3N12O7. The van der Waals surface area contributed by atoms with Crippen LogP contribution in [0.1, 0.15) is 58.3 Å². The Hall–Kier alpha value is -5.75. The highest BCUT2D eigenvalue weighted by atomic mass is 35.5. The zero-order valence-electron chi connectivity index (χ0n) is 40.3. The predicted octanol–water partition coefficient (Wildman–Crippen LogP) is 6.25. The van der Waals surface area contributed by atoms with Gasteiger partial charge in [-0.15, -0.1) is 0 Å². The van der Waals surface area contributed by atoms with Gasteiger partial charge in [0, 0.05) is 30.7 Å². The van der Waals surface area contributed by atoms with E-state index in [9.17, 15) is 32.7 Å². The van der Waals surface area contributed by atoms with Gasteiger partial charge < -0.3 is 52.3 Å². The number of aliphatic hydroxyl groups excluding tert-OH is 1. The number of amides is 3. The van der Waals surface area contributed by atoms with Gasteiger partial charge in [0.2, 0.25) is 33.6 Å². The van der Waals surface area contributed by atoms with E-state index in [1.165, 1.54) is 12.8 Å². The van der Waals surface area contributed by atoms with Crippen LogP contribution in [0, 0.1) is 70.7 Å². The van der Waals surface area contributed by atoms with Gasteiger partial charge in [-0.25, -0.2) is 28.1 Å². The number of para-hydroxylation sites is 2. The van der Waals surface area contributed by atoms with Gasteiger partial charge >= 0.3 is 7.12 Å². The first-order chi connectivity index (χ1) is 35.3. The summed E-state index contributed by atoms with van der Waals surface area (Å²) in [4.78, 5) is 56.8. The molecule has 8 aliphatic rings. The number of aliphatic hydroxyl groups is 1. The lowest BCUT2D eigenvalue weighted by Crippen LogP contribution is -2.46. The van der Waals surface area contributed by atoms with Crippen LogP contribution in [0.4, 0.5) is 30.6 Å². The summed E-state index contributed by atoms with van der Waals surface area (Å²) >= 11 is 16.9. The van der Waals surface area contributed by atoms with Gasteiger partial charge in [0.05, 0.1) is 48.6 Å². The molecule has 14 atom stereocenters. The van der Waals surface area contributed by atoms with E-state index in [4.69, 9.17) is 66.0 Å². The van der Waals surface area contributed by atoms with Gasteiger partial charge in [-0.05, 0) is 142 Å². The fraction of sp³-hybridized carbons (Fsp3) is 0.521. The molecule has 6 bridgehead atoms. The van der Waals surface area contributed by atoms with Crippen molar-refractivity contribution in [1.29, 1.82) is 0 Å². The van der Waals surface area contributed by atoms with Crippen molar-refractivity contribution in [2.45, 2.75) is 95.4 Å². The second kappa shape index (κ2) is 23.9. The first-order valence-electron chi connectivity index (χ1n) is 24.5. The van der Waals surface area contributed by atoms with Crippen molar-refractivity contribution in [1.82, 2.24) is 29.9 Å². The van der Waals surface area contributed by atoms with Gasteiger partial charge in [-0.1, -0.05) is 24.3 Å². The van der Waals surface area contributed by atoms with E-state index < -0.39 is 41.4 Å². The zero-order chi connectivity index (χ0) is 53.0. The Labute approximate surface area is 440 Å². The summed E-state index contributed by atoms with van der Waals surface area (Å²) in [5, 5.41) is 18.6. The third kappa shape index (κ3) is 12.7. The summed E-state index contributed by atoms with van der Waals surface area (Å²) in [5.74, 6) is -1.51. The Bertz CT molecular complexity index is 2680. The number of nitrogens with two attached hydrogens (primary N) is 3. The zero-order valence-corrected chi connectivity index (χ0v) is 42.6. The number of nitrogens with zero attached hydrogens (tertiary/aromatic N) is 6. The van der Waals surface area contributed by atoms with E-state index in [1.807, 2.05) is 43.2 Å². The molecule has 10 N–H and O–H groups in total. The number of benzene rings is 1. The molecule has 3 aromatic heterocycles. The molecule has 5 saturated carbocycles. The quantitative estimate of drug-likeness (QED) is 0.0554. The van der Waals surface area contributed by atoms with E-state index in [-0.39, 0.29) is 99.8 Å². The van der Waals surface area contributed by atoms with Crippen LogP contribution in [0.3, 0.4) is 0 Å². The molecule has 1 saturated heterocycles. The smallest absolute Gasteiger partial charge is 0.523 e. The summed E-state index contributed by atoms with van der Waals surface area (Å²) in [6.45, 7) is 4.98. The van der Waals surface area contributed by atoms with Crippen LogP contribution in [0.15, 0.2) is 55.0 Å². The molecule has 6 fully saturated rings. The summed E-state index contributed by atoms with van der Waals surface area (Å²) in [7, 11) is -0.127. The molecule has 0 spiro atoms. The Morgan fingerprint density at radius 2 is 1.14 bits per heavy atom. The number of carbonyl (C=O) groups excluding carboxylic acids is 3. The monoisotopic (exact) mass is 1090 g/mol. The lowest BCUT2D eigenvalue weighted by atomic mass is 9.82. The molecule has 26 heteroatoms. The molecule has 0 radical (unpaired) electrons. The van der Waals surface area contributed by atoms with Gasteiger partial charge in [-0.3, -0.25) is 14.4 Å². The molecule has 12 rings (SSSR count). The Morgan fingerprint density at radius 1 is 0.649 bits per heavy atom. The van der Waals surface area contributed by atoms with Crippen molar-refractivity contribution >= 4 is 77.1 Å². The van der Waals surface area contributed by atoms with Crippen molar-refractivity contribution < 1.29 is 46.7 Å². The molecule has 6 aliphatic carbocycles. The molecular weight excluding hydrogens is 1030 g/mol. The molecule has 2 aliphatic heterocycles. The van der Waals surface area contributed by atoms with Crippen LogP contribution in [0.25, 0.3) is 0 Å². The van der Waals surface area contributed by atoms with E-state index in [2.05, 4.69) is 52.8 Å². The number of anilines is 3. The van der Waals surface area contributed by atoms with Crippen LogP contribution < -0.4 is 42.5 Å². The number of halogens is 6. The largest absolute Gasteiger partial charge is 0.591 e. The maximum Gasteiger partial charge on any atom is 0.591 e. The topological polar surface area (TPSA) is 291 Å². The fourth-order valence-electron chi connectivity index (χ4n) is 11.8. The van der Waals surface area contributed by atoms with Crippen molar-refractivity contribution in [2.24, 2.45) is 70.5 Å². The molecule has 1 unspecified atom stereocenters. The van der Waals surface area contributed by atoms with Gasteiger partial charge in [0.25, 0.3) is 0 Å². The molecule has 4 aromatic rings.